The molecule has 3 aromatic carbocycles. The SMILES string of the molecule is NS(=O)(=O)N[C@H]1C[C@@H](OCc2ccccc2)[C@H](OCc2ccccc2)[C@@H](COCc2ccccc2)O1. The summed E-state index contributed by atoms with van der Waals surface area (Å²) in [6.07, 6.45) is -2.19. The fourth-order valence-corrected chi connectivity index (χ4v) is 4.63. The number of hydrogen-bond acceptors (Lipinski definition) is 6. The van der Waals surface area contributed by atoms with Crippen LogP contribution < -0.4 is 9.86 Å². The molecule has 1 aliphatic rings. The number of benzene rings is 3. The molecule has 192 valence electrons. The van der Waals surface area contributed by atoms with E-state index in [0.717, 1.165) is 16.7 Å². The summed E-state index contributed by atoms with van der Waals surface area (Å²) in [7, 11) is -3.99. The zero-order valence-corrected chi connectivity index (χ0v) is 20.8. The molecule has 1 aliphatic heterocycles. The smallest absolute Gasteiger partial charge is 0.276 e. The van der Waals surface area contributed by atoms with Crippen LogP contribution in [0.4, 0.5) is 0 Å². The van der Waals surface area contributed by atoms with E-state index in [1.54, 1.807) is 0 Å². The molecule has 0 amide bonds. The molecule has 0 aromatic heterocycles. The van der Waals surface area contributed by atoms with E-state index in [-0.39, 0.29) is 13.0 Å². The Balaban J connectivity index is 1.50. The lowest BCUT2D eigenvalue weighted by Crippen LogP contribution is -2.57. The highest BCUT2D eigenvalue weighted by Gasteiger charge is 2.41. The molecule has 4 atom stereocenters. The van der Waals surface area contributed by atoms with Crippen molar-refractivity contribution in [2.24, 2.45) is 5.14 Å². The van der Waals surface area contributed by atoms with Crippen molar-refractivity contribution in [1.82, 2.24) is 4.72 Å². The van der Waals surface area contributed by atoms with E-state index in [0.29, 0.717) is 19.8 Å². The van der Waals surface area contributed by atoms with E-state index in [2.05, 4.69) is 4.72 Å². The molecule has 4 rings (SSSR count). The molecule has 0 unspecified atom stereocenters. The molecule has 0 bridgehead atoms. The Morgan fingerprint density at radius 2 is 1.28 bits per heavy atom. The van der Waals surface area contributed by atoms with Crippen LogP contribution >= 0.6 is 0 Å². The quantitative estimate of drug-likeness (QED) is 0.386. The molecule has 1 fully saturated rings. The van der Waals surface area contributed by atoms with Crippen LogP contribution in [-0.4, -0.2) is 39.6 Å². The summed E-state index contributed by atoms with van der Waals surface area (Å²) in [5.74, 6) is 0. The second-order valence-corrected chi connectivity index (χ2v) is 9.98. The lowest BCUT2D eigenvalue weighted by molar-refractivity contribution is -0.222. The molecule has 0 radical (unpaired) electrons. The maximum atomic E-state index is 11.8. The number of rotatable bonds is 12. The number of nitrogens with two attached hydrogens (primary N) is 1. The minimum Gasteiger partial charge on any atom is -0.374 e. The van der Waals surface area contributed by atoms with Gasteiger partial charge in [0.15, 0.2) is 0 Å². The van der Waals surface area contributed by atoms with Crippen molar-refractivity contribution < 1.29 is 27.4 Å². The monoisotopic (exact) mass is 512 g/mol. The van der Waals surface area contributed by atoms with Crippen molar-refractivity contribution >= 4 is 10.2 Å². The maximum absolute atomic E-state index is 11.8. The molecule has 8 nitrogen and oxygen atoms in total. The molecule has 1 heterocycles. The van der Waals surface area contributed by atoms with Gasteiger partial charge in [0, 0.05) is 6.42 Å². The van der Waals surface area contributed by atoms with Crippen LogP contribution in [0.25, 0.3) is 0 Å². The Bertz CT molecular complexity index is 1150. The highest BCUT2D eigenvalue weighted by atomic mass is 32.2. The largest absolute Gasteiger partial charge is 0.374 e. The van der Waals surface area contributed by atoms with Crippen molar-refractivity contribution in [2.75, 3.05) is 6.61 Å². The van der Waals surface area contributed by atoms with Crippen LogP contribution in [-0.2, 0) is 49.0 Å². The Hall–Kier alpha value is -2.63. The van der Waals surface area contributed by atoms with Gasteiger partial charge in [-0.15, -0.1) is 0 Å². The lowest BCUT2D eigenvalue weighted by atomic mass is 10.00. The van der Waals surface area contributed by atoms with Crippen LogP contribution in [0.3, 0.4) is 0 Å². The van der Waals surface area contributed by atoms with Gasteiger partial charge in [-0.2, -0.15) is 13.1 Å². The molecule has 1 saturated heterocycles. The molecule has 0 spiro atoms. The average Bonchev–Trinajstić information content (AvgIpc) is 2.88. The maximum Gasteiger partial charge on any atom is 0.276 e. The summed E-state index contributed by atoms with van der Waals surface area (Å²) in [5.41, 5.74) is 3.03. The summed E-state index contributed by atoms with van der Waals surface area (Å²) in [6, 6.07) is 29.4. The van der Waals surface area contributed by atoms with Crippen LogP contribution in [0, 0.1) is 0 Å². The minimum absolute atomic E-state index is 0.183. The van der Waals surface area contributed by atoms with Crippen molar-refractivity contribution in [2.45, 2.75) is 50.8 Å². The van der Waals surface area contributed by atoms with E-state index < -0.39 is 34.7 Å². The third kappa shape index (κ3) is 8.49. The first-order valence-corrected chi connectivity index (χ1v) is 13.4. The predicted octanol–water partition coefficient (Wildman–Crippen LogP) is 3.28. The van der Waals surface area contributed by atoms with Gasteiger partial charge in [-0.1, -0.05) is 91.0 Å². The fourth-order valence-electron chi connectivity index (χ4n) is 4.11. The molecule has 0 aliphatic carbocycles. The predicted molar refractivity (Wildman–Crippen MR) is 136 cm³/mol. The third-order valence-corrected chi connectivity index (χ3v) is 6.39. The average molecular weight is 513 g/mol. The van der Waals surface area contributed by atoms with Gasteiger partial charge in [0.25, 0.3) is 10.2 Å². The van der Waals surface area contributed by atoms with Gasteiger partial charge in [0.2, 0.25) is 0 Å². The zero-order chi connectivity index (χ0) is 25.2. The zero-order valence-electron chi connectivity index (χ0n) is 19.9. The van der Waals surface area contributed by atoms with Crippen molar-refractivity contribution in [3.63, 3.8) is 0 Å². The number of hydrogen-bond donors (Lipinski definition) is 2. The van der Waals surface area contributed by atoms with Gasteiger partial charge in [-0.3, -0.25) is 0 Å². The van der Waals surface area contributed by atoms with E-state index in [1.807, 2.05) is 91.0 Å². The molecular weight excluding hydrogens is 480 g/mol. The summed E-state index contributed by atoms with van der Waals surface area (Å²) in [6.45, 7) is 1.26. The van der Waals surface area contributed by atoms with Gasteiger partial charge < -0.3 is 18.9 Å². The van der Waals surface area contributed by atoms with Crippen LogP contribution in [0.5, 0.6) is 0 Å². The van der Waals surface area contributed by atoms with Crippen LogP contribution in [0.2, 0.25) is 0 Å². The first-order valence-electron chi connectivity index (χ1n) is 11.8. The summed E-state index contributed by atoms with van der Waals surface area (Å²) >= 11 is 0. The molecule has 3 aromatic rings. The van der Waals surface area contributed by atoms with Crippen molar-refractivity contribution in [3.8, 4) is 0 Å². The highest BCUT2D eigenvalue weighted by Crippen LogP contribution is 2.27. The van der Waals surface area contributed by atoms with Crippen molar-refractivity contribution in [3.05, 3.63) is 108 Å². The lowest BCUT2D eigenvalue weighted by Gasteiger charge is -2.41. The van der Waals surface area contributed by atoms with Gasteiger partial charge in [0.1, 0.15) is 18.4 Å². The summed E-state index contributed by atoms with van der Waals surface area (Å²) < 4.78 is 50.5. The highest BCUT2D eigenvalue weighted by molar-refractivity contribution is 7.87. The topological polar surface area (TPSA) is 109 Å². The number of ether oxygens (including phenoxy) is 4. The molecule has 0 saturated carbocycles. The van der Waals surface area contributed by atoms with Gasteiger partial charge >= 0.3 is 0 Å². The van der Waals surface area contributed by atoms with Crippen LogP contribution in [0.15, 0.2) is 91.0 Å². The van der Waals surface area contributed by atoms with Gasteiger partial charge in [-0.05, 0) is 16.7 Å². The van der Waals surface area contributed by atoms with Crippen molar-refractivity contribution in [1.29, 1.82) is 0 Å². The van der Waals surface area contributed by atoms with Gasteiger partial charge in [-0.25, -0.2) is 5.14 Å². The van der Waals surface area contributed by atoms with Crippen LogP contribution in [0.1, 0.15) is 23.1 Å². The Labute approximate surface area is 212 Å². The molecular formula is C27H32N2O6S. The number of nitrogens with one attached hydrogen (secondary N) is 1. The van der Waals surface area contributed by atoms with E-state index >= 15 is 0 Å². The molecule has 3 N–H and O–H groups in total. The molecule has 36 heavy (non-hydrogen) atoms. The second kappa shape index (κ2) is 13.1. The third-order valence-electron chi connectivity index (χ3n) is 5.80. The normalized spacial score (nSPS) is 22.4. The molecule has 9 heteroatoms. The van der Waals surface area contributed by atoms with Gasteiger partial charge in [0.05, 0.1) is 32.5 Å². The Morgan fingerprint density at radius 3 is 1.81 bits per heavy atom. The summed E-state index contributed by atoms with van der Waals surface area (Å²) in [4.78, 5) is 0. The second-order valence-electron chi connectivity index (χ2n) is 8.66. The minimum atomic E-state index is -3.99. The van der Waals surface area contributed by atoms with E-state index in [4.69, 9.17) is 24.1 Å². The Kier molecular flexibility index (Phi) is 9.60. The summed E-state index contributed by atoms with van der Waals surface area (Å²) in [5, 5.41) is 5.25. The van der Waals surface area contributed by atoms with E-state index in [9.17, 15) is 8.42 Å². The first-order chi connectivity index (χ1) is 17.5. The first kappa shape index (κ1) is 26.4. The standard InChI is InChI=1S/C27H32N2O6S/c28-36(30,31)29-26-16-24(33-18-22-12-6-2-7-13-22)27(34-19-23-14-8-3-9-15-23)25(35-26)20-32-17-21-10-4-1-5-11-21/h1-15,24-27,29H,16-20H2,(H2,28,30,31)/t24-,25-,26-,27+/m1/s1. The Morgan fingerprint density at radius 1 is 0.778 bits per heavy atom. The fraction of sp³-hybridized carbons (Fsp3) is 0.333. The van der Waals surface area contributed by atoms with E-state index in [1.165, 1.54) is 0 Å².